The Labute approximate surface area is 116 Å². The molecule has 0 aliphatic heterocycles. The molecule has 6 nitrogen and oxygen atoms in total. The zero-order valence-electron chi connectivity index (χ0n) is 11.6. The number of pyridine rings is 1. The molecule has 0 spiro atoms. The molecule has 0 aliphatic rings. The first kappa shape index (κ1) is 14.0. The third-order valence-electron chi connectivity index (χ3n) is 2.97. The van der Waals surface area contributed by atoms with Crippen molar-refractivity contribution in [3.8, 4) is 0 Å². The van der Waals surface area contributed by atoms with E-state index in [1.54, 1.807) is 43.3 Å². The summed E-state index contributed by atoms with van der Waals surface area (Å²) >= 11 is 0. The molecule has 2 aromatic heterocycles. The number of carbonyl (C=O) groups is 1. The molecule has 0 aliphatic carbocycles. The van der Waals surface area contributed by atoms with Gasteiger partial charge >= 0.3 is 0 Å². The number of hydrogen-bond donors (Lipinski definition) is 0. The summed E-state index contributed by atoms with van der Waals surface area (Å²) < 4.78 is 6.48. The summed E-state index contributed by atoms with van der Waals surface area (Å²) in [6, 6.07) is 6.73. The molecule has 6 heteroatoms. The lowest BCUT2D eigenvalue weighted by molar-refractivity contribution is -0.130. The summed E-state index contributed by atoms with van der Waals surface area (Å²) in [5, 5.41) is 3.85. The minimum atomic E-state index is -0.102. The van der Waals surface area contributed by atoms with Gasteiger partial charge in [-0.25, -0.2) is 0 Å². The Morgan fingerprint density at radius 1 is 1.45 bits per heavy atom. The van der Waals surface area contributed by atoms with Crippen molar-refractivity contribution in [3.05, 3.63) is 52.3 Å². The first-order valence-electron chi connectivity index (χ1n) is 6.38. The van der Waals surface area contributed by atoms with Crippen LogP contribution < -0.4 is 5.56 Å². The normalized spacial score (nSPS) is 10.5. The van der Waals surface area contributed by atoms with Gasteiger partial charge in [-0.05, 0) is 13.0 Å². The van der Waals surface area contributed by atoms with E-state index in [0.29, 0.717) is 13.1 Å². The molecule has 2 heterocycles. The van der Waals surface area contributed by atoms with E-state index in [-0.39, 0.29) is 17.9 Å². The summed E-state index contributed by atoms with van der Waals surface area (Å²) in [5.74, 6) is 0.679. The summed E-state index contributed by atoms with van der Waals surface area (Å²) in [6.45, 7) is 2.58. The summed E-state index contributed by atoms with van der Waals surface area (Å²) in [4.78, 5) is 25.1. The van der Waals surface area contributed by atoms with Crippen LogP contribution >= 0.6 is 0 Å². The standard InChI is InChI=1S/C14H17N3O3/c1-11-9-12(15-20-11)10-16(2)13(18)6-8-17-7-4-3-5-14(17)19/h3-5,7,9H,6,8,10H2,1-2H3. The van der Waals surface area contributed by atoms with Crippen LogP contribution in [0.1, 0.15) is 17.9 Å². The van der Waals surface area contributed by atoms with Crippen LogP contribution in [0.15, 0.2) is 39.8 Å². The van der Waals surface area contributed by atoms with Crippen molar-refractivity contribution >= 4 is 5.91 Å². The van der Waals surface area contributed by atoms with Gasteiger partial charge in [0, 0.05) is 38.3 Å². The number of aromatic nitrogens is 2. The van der Waals surface area contributed by atoms with Gasteiger partial charge in [-0.3, -0.25) is 9.59 Å². The average Bonchev–Trinajstić information content (AvgIpc) is 2.82. The quantitative estimate of drug-likeness (QED) is 0.822. The third kappa shape index (κ3) is 3.57. The first-order chi connectivity index (χ1) is 9.56. The number of hydrogen-bond acceptors (Lipinski definition) is 4. The maximum Gasteiger partial charge on any atom is 0.250 e. The van der Waals surface area contributed by atoms with Crippen LogP contribution in [0.5, 0.6) is 0 Å². The second-order valence-corrected chi connectivity index (χ2v) is 4.66. The van der Waals surface area contributed by atoms with Crippen molar-refractivity contribution < 1.29 is 9.32 Å². The van der Waals surface area contributed by atoms with Crippen molar-refractivity contribution in [3.63, 3.8) is 0 Å². The molecule has 0 bridgehead atoms. The van der Waals surface area contributed by atoms with E-state index >= 15 is 0 Å². The molecule has 0 atom stereocenters. The zero-order chi connectivity index (χ0) is 14.5. The summed E-state index contributed by atoms with van der Waals surface area (Å²) in [7, 11) is 1.71. The highest BCUT2D eigenvalue weighted by Gasteiger charge is 2.11. The Kier molecular flexibility index (Phi) is 4.34. The molecule has 0 saturated carbocycles. The predicted molar refractivity (Wildman–Crippen MR) is 73.0 cm³/mol. The second kappa shape index (κ2) is 6.18. The van der Waals surface area contributed by atoms with Crippen LogP contribution in [0.25, 0.3) is 0 Å². The van der Waals surface area contributed by atoms with Crippen molar-refractivity contribution in [2.75, 3.05) is 7.05 Å². The Morgan fingerprint density at radius 3 is 2.90 bits per heavy atom. The summed E-state index contributed by atoms with van der Waals surface area (Å²) in [6.07, 6.45) is 1.95. The van der Waals surface area contributed by atoms with Crippen molar-refractivity contribution in [2.24, 2.45) is 0 Å². The molecule has 0 N–H and O–H groups in total. The lowest BCUT2D eigenvalue weighted by atomic mass is 10.3. The molecule has 106 valence electrons. The minimum Gasteiger partial charge on any atom is -0.361 e. The molecular weight excluding hydrogens is 258 g/mol. The molecule has 0 aromatic carbocycles. The highest BCUT2D eigenvalue weighted by atomic mass is 16.5. The van der Waals surface area contributed by atoms with Crippen LogP contribution in [-0.2, 0) is 17.9 Å². The van der Waals surface area contributed by atoms with Gasteiger partial charge in [-0.15, -0.1) is 0 Å². The fourth-order valence-electron chi connectivity index (χ4n) is 1.88. The number of nitrogens with zero attached hydrogens (tertiary/aromatic N) is 3. The van der Waals surface area contributed by atoms with Crippen LogP contribution in [0, 0.1) is 6.92 Å². The molecule has 0 fully saturated rings. The van der Waals surface area contributed by atoms with Crippen LogP contribution in [0.2, 0.25) is 0 Å². The van der Waals surface area contributed by atoms with Gasteiger partial charge in [0.2, 0.25) is 5.91 Å². The fraction of sp³-hybridized carbons (Fsp3) is 0.357. The molecule has 2 rings (SSSR count). The zero-order valence-corrected chi connectivity index (χ0v) is 11.6. The van der Waals surface area contributed by atoms with E-state index in [1.165, 1.54) is 10.6 Å². The molecule has 2 aromatic rings. The van der Waals surface area contributed by atoms with Crippen molar-refractivity contribution in [1.82, 2.24) is 14.6 Å². The Morgan fingerprint density at radius 2 is 2.25 bits per heavy atom. The van der Waals surface area contributed by atoms with Gasteiger partial charge in [0.25, 0.3) is 5.56 Å². The second-order valence-electron chi connectivity index (χ2n) is 4.66. The Hall–Kier alpha value is -2.37. The van der Waals surface area contributed by atoms with E-state index in [2.05, 4.69) is 5.16 Å². The molecule has 0 saturated heterocycles. The lowest BCUT2D eigenvalue weighted by Gasteiger charge is -2.15. The SMILES string of the molecule is Cc1cc(CN(C)C(=O)CCn2ccccc2=O)no1. The van der Waals surface area contributed by atoms with Gasteiger partial charge in [0.15, 0.2) is 0 Å². The molecule has 1 amide bonds. The van der Waals surface area contributed by atoms with E-state index in [9.17, 15) is 9.59 Å². The smallest absolute Gasteiger partial charge is 0.250 e. The number of aryl methyl sites for hydroxylation is 2. The predicted octanol–water partition coefficient (Wildman–Crippen LogP) is 1.19. The lowest BCUT2D eigenvalue weighted by Crippen LogP contribution is -2.28. The van der Waals surface area contributed by atoms with Gasteiger partial charge in [0.1, 0.15) is 11.5 Å². The largest absolute Gasteiger partial charge is 0.361 e. The van der Waals surface area contributed by atoms with E-state index in [4.69, 9.17) is 4.52 Å². The topological polar surface area (TPSA) is 68.3 Å². The van der Waals surface area contributed by atoms with E-state index in [0.717, 1.165) is 11.5 Å². The highest BCUT2D eigenvalue weighted by Crippen LogP contribution is 2.05. The maximum absolute atomic E-state index is 12.0. The van der Waals surface area contributed by atoms with E-state index < -0.39 is 0 Å². The monoisotopic (exact) mass is 275 g/mol. The third-order valence-corrected chi connectivity index (χ3v) is 2.97. The number of carbonyl (C=O) groups excluding carboxylic acids is 1. The molecule has 0 unspecified atom stereocenters. The van der Waals surface area contributed by atoms with Crippen molar-refractivity contribution in [2.45, 2.75) is 26.4 Å². The van der Waals surface area contributed by atoms with Gasteiger partial charge < -0.3 is 14.0 Å². The van der Waals surface area contributed by atoms with Crippen LogP contribution in [-0.4, -0.2) is 27.6 Å². The Bertz CT molecular complexity index is 645. The van der Waals surface area contributed by atoms with Gasteiger partial charge in [-0.2, -0.15) is 0 Å². The van der Waals surface area contributed by atoms with E-state index in [1.807, 2.05) is 0 Å². The average molecular weight is 275 g/mol. The van der Waals surface area contributed by atoms with Crippen LogP contribution in [0.3, 0.4) is 0 Å². The minimum absolute atomic E-state index is 0.0404. The first-order valence-corrected chi connectivity index (χ1v) is 6.38. The molecular formula is C14H17N3O3. The maximum atomic E-state index is 12.0. The summed E-state index contributed by atoms with van der Waals surface area (Å²) in [5.41, 5.74) is 0.616. The highest BCUT2D eigenvalue weighted by molar-refractivity contribution is 5.75. The number of rotatable bonds is 5. The number of amides is 1. The van der Waals surface area contributed by atoms with Crippen LogP contribution in [0.4, 0.5) is 0 Å². The molecule has 20 heavy (non-hydrogen) atoms. The van der Waals surface area contributed by atoms with Crippen molar-refractivity contribution in [1.29, 1.82) is 0 Å². The van der Waals surface area contributed by atoms with Gasteiger partial charge in [0.05, 0.1) is 6.54 Å². The fourth-order valence-corrected chi connectivity index (χ4v) is 1.88. The van der Waals surface area contributed by atoms with Gasteiger partial charge in [-0.1, -0.05) is 11.2 Å². The molecule has 0 radical (unpaired) electrons. The Balaban J connectivity index is 1.88.